The van der Waals surface area contributed by atoms with Crippen LogP contribution in [-0.4, -0.2) is 37.1 Å². The lowest BCUT2D eigenvalue weighted by Crippen LogP contribution is -2.22. The lowest BCUT2D eigenvalue weighted by Gasteiger charge is -2.14. The summed E-state index contributed by atoms with van der Waals surface area (Å²) < 4.78 is 0. The molecule has 0 unspecified atom stereocenters. The second-order valence-corrected chi connectivity index (χ2v) is 5.00. The van der Waals surface area contributed by atoms with E-state index in [1.165, 1.54) is 0 Å². The Labute approximate surface area is 120 Å². The summed E-state index contributed by atoms with van der Waals surface area (Å²) >= 11 is 0. The molecule has 0 aliphatic carbocycles. The highest BCUT2D eigenvalue weighted by Crippen LogP contribution is 2.21. The highest BCUT2D eigenvalue weighted by molar-refractivity contribution is 5.62. The third-order valence-electron chi connectivity index (χ3n) is 3.12. The molecule has 0 atom stereocenters. The number of nitrogens with two attached hydrogens (primary N) is 1. The van der Waals surface area contributed by atoms with Gasteiger partial charge in [0.05, 0.1) is 5.69 Å². The molecule has 2 rings (SSSR count). The zero-order valence-corrected chi connectivity index (χ0v) is 12.1. The van der Waals surface area contributed by atoms with E-state index in [9.17, 15) is 0 Å². The average Bonchev–Trinajstić information content (AvgIpc) is 2.47. The van der Waals surface area contributed by atoms with Gasteiger partial charge >= 0.3 is 0 Å². The molecule has 1 aromatic heterocycles. The van der Waals surface area contributed by atoms with E-state index in [4.69, 9.17) is 10.7 Å². The van der Waals surface area contributed by atoms with Crippen molar-refractivity contribution in [2.24, 2.45) is 5.73 Å². The number of nitrogens with zero attached hydrogens (tertiary/aromatic N) is 2. The molecular formula is C16H22N4. The normalized spacial score (nSPS) is 10.8. The van der Waals surface area contributed by atoms with Gasteiger partial charge in [-0.25, -0.2) is 4.98 Å². The number of rotatable bonds is 6. The number of pyridine rings is 1. The molecule has 1 aromatic carbocycles. The molecule has 2 aromatic rings. The number of benzene rings is 1. The van der Waals surface area contributed by atoms with Gasteiger partial charge in [-0.3, -0.25) is 0 Å². The Balaban J connectivity index is 2.20. The van der Waals surface area contributed by atoms with Crippen LogP contribution in [0.2, 0.25) is 0 Å². The average molecular weight is 270 g/mol. The van der Waals surface area contributed by atoms with Crippen LogP contribution in [-0.2, 0) is 6.54 Å². The quantitative estimate of drug-likeness (QED) is 0.845. The zero-order valence-electron chi connectivity index (χ0n) is 12.1. The zero-order chi connectivity index (χ0) is 14.4. The Morgan fingerprint density at radius 1 is 1.10 bits per heavy atom. The van der Waals surface area contributed by atoms with Crippen molar-refractivity contribution in [1.82, 2.24) is 9.88 Å². The predicted octanol–water partition coefficient (Wildman–Crippen LogP) is 2.18. The molecule has 0 radical (unpaired) electrons. The van der Waals surface area contributed by atoms with Crippen LogP contribution in [0.1, 0.15) is 5.56 Å². The number of hydrogen-bond donors (Lipinski definition) is 2. The summed E-state index contributed by atoms with van der Waals surface area (Å²) in [6, 6.07) is 14.2. The molecule has 1 heterocycles. The second kappa shape index (κ2) is 7.03. The van der Waals surface area contributed by atoms with Crippen LogP contribution in [0.5, 0.6) is 0 Å². The van der Waals surface area contributed by atoms with Crippen molar-refractivity contribution in [3.63, 3.8) is 0 Å². The van der Waals surface area contributed by atoms with Crippen LogP contribution in [0.4, 0.5) is 5.82 Å². The van der Waals surface area contributed by atoms with E-state index in [0.29, 0.717) is 6.54 Å². The van der Waals surface area contributed by atoms with Crippen molar-refractivity contribution >= 4 is 5.82 Å². The Hall–Kier alpha value is -1.91. The molecule has 4 heteroatoms. The summed E-state index contributed by atoms with van der Waals surface area (Å²) in [5, 5.41) is 3.37. The maximum absolute atomic E-state index is 5.78. The van der Waals surface area contributed by atoms with Crippen LogP contribution in [0.15, 0.2) is 42.5 Å². The Morgan fingerprint density at radius 2 is 1.85 bits per heavy atom. The summed E-state index contributed by atoms with van der Waals surface area (Å²) in [5.41, 5.74) is 8.91. The van der Waals surface area contributed by atoms with Gasteiger partial charge in [0, 0.05) is 30.8 Å². The van der Waals surface area contributed by atoms with Gasteiger partial charge in [-0.1, -0.05) is 36.4 Å². The predicted molar refractivity (Wildman–Crippen MR) is 84.6 cm³/mol. The highest BCUT2D eigenvalue weighted by Gasteiger charge is 2.06. The molecule has 0 amide bonds. The van der Waals surface area contributed by atoms with Crippen LogP contribution in [0, 0.1) is 0 Å². The number of hydrogen-bond acceptors (Lipinski definition) is 4. The largest absolute Gasteiger partial charge is 0.368 e. The van der Waals surface area contributed by atoms with Crippen molar-refractivity contribution in [3.8, 4) is 11.3 Å². The second-order valence-electron chi connectivity index (χ2n) is 5.00. The summed E-state index contributed by atoms with van der Waals surface area (Å²) in [5.74, 6) is 0.885. The van der Waals surface area contributed by atoms with Crippen molar-refractivity contribution in [2.75, 3.05) is 32.5 Å². The summed E-state index contributed by atoms with van der Waals surface area (Å²) in [7, 11) is 4.11. The standard InChI is InChI=1S/C16H22N4/c1-20(2)11-10-18-16-14(12-17)8-9-15(19-16)13-6-4-3-5-7-13/h3-9H,10-12,17H2,1-2H3,(H,18,19). The van der Waals surface area contributed by atoms with Gasteiger partial charge in [0.15, 0.2) is 0 Å². The fourth-order valence-electron chi connectivity index (χ4n) is 1.97. The first-order valence-corrected chi connectivity index (χ1v) is 6.84. The molecule has 0 fully saturated rings. The van der Waals surface area contributed by atoms with Gasteiger partial charge in [-0.15, -0.1) is 0 Å². The smallest absolute Gasteiger partial charge is 0.131 e. The topological polar surface area (TPSA) is 54.2 Å². The van der Waals surface area contributed by atoms with Gasteiger partial charge in [0.1, 0.15) is 5.82 Å². The van der Waals surface area contributed by atoms with Gasteiger partial charge in [0.2, 0.25) is 0 Å². The fourth-order valence-corrected chi connectivity index (χ4v) is 1.97. The van der Waals surface area contributed by atoms with Gasteiger partial charge < -0.3 is 16.0 Å². The van der Waals surface area contributed by atoms with E-state index >= 15 is 0 Å². The summed E-state index contributed by atoms with van der Waals surface area (Å²) in [6.45, 7) is 2.30. The summed E-state index contributed by atoms with van der Waals surface area (Å²) in [6.07, 6.45) is 0. The fraction of sp³-hybridized carbons (Fsp3) is 0.312. The van der Waals surface area contributed by atoms with Gasteiger partial charge in [-0.2, -0.15) is 0 Å². The number of aromatic nitrogens is 1. The lowest BCUT2D eigenvalue weighted by molar-refractivity contribution is 0.425. The van der Waals surface area contributed by atoms with E-state index in [1.54, 1.807) is 0 Å². The molecule has 4 nitrogen and oxygen atoms in total. The maximum Gasteiger partial charge on any atom is 0.131 e. The minimum absolute atomic E-state index is 0.492. The molecule has 0 spiro atoms. The van der Waals surface area contributed by atoms with E-state index in [2.05, 4.69) is 36.4 Å². The van der Waals surface area contributed by atoms with Crippen LogP contribution < -0.4 is 11.1 Å². The van der Waals surface area contributed by atoms with Crippen LogP contribution in [0.3, 0.4) is 0 Å². The molecule has 0 saturated heterocycles. The van der Waals surface area contributed by atoms with Crippen LogP contribution >= 0.6 is 0 Å². The van der Waals surface area contributed by atoms with Crippen molar-refractivity contribution in [1.29, 1.82) is 0 Å². The highest BCUT2D eigenvalue weighted by atomic mass is 15.1. The van der Waals surface area contributed by atoms with Gasteiger partial charge in [0.25, 0.3) is 0 Å². The van der Waals surface area contributed by atoms with Crippen molar-refractivity contribution in [2.45, 2.75) is 6.54 Å². The molecule has 3 N–H and O–H groups in total. The minimum Gasteiger partial charge on any atom is -0.368 e. The molecule has 0 bridgehead atoms. The molecule has 0 saturated carbocycles. The molecule has 106 valence electrons. The third-order valence-corrected chi connectivity index (χ3v) is 3.12. The van der Waals surface area contributed by atoms with Crippen molar-refractivity contribution in [3.05, 3.63) is 48.0 Å². The Kier molecular flexibility index (Phi) is 5.09. The first-order valence-electron chi connectivity index (χ1n) is 6.84. The first kappa shape index (κ1) is 14.5. The van der Waals surface area contributed by atoms with E-state index < -0.39 is 0 Å². The summed E-state index contributed by atoms with van der Waals surface area (Å²) in [4.78, 5) is 6.84. The van der Waals surface area contributed by atoms with Crippen LogP contribution in [0.25, 0.3) is 11.3 Å². The molecule has 0 aliphatic heterocycles. The minimum atomic E-state index is 0.492. The maximum atomic E-state index is 5.78. The number of anilines is 1. The third kappa shape index (κ3) is 3.79. The van der Waals surface area contributed by atoms with Gasteiger partial charge in [-0.05, 0) is 20.2 Å². The van der Waals surface area contributed by atoms with E-state index in [0.717, 1.165) is 35.7 Å². The molecule has 20 heavy (non-hydrogen) atoms. The molecular weight excluding hydrogens is 248 g/mol. The van der Waals surface area contributed by atoms with Crippen molar-refractivity contribution < 1.29 is 0 Å². The lowest BCUT2D eigenvalue weighted by atomic mass is 10.1. The first-order chi connectivity index (χ1) is 9.70. The SMILES string of the molecule is CN(C)CCNc1nc(-c2ccccc2)ccc1CN. The Bertz CT molecular complexity index is 537. The number of likely N-dealkylation sites (N-methyl/N-ethyl adjacent to an activating group) is 1. The Morgan fingerprint density at radius 3 is 2.50 bits per heavy atom. The monoisotopic (exact) mass is 270 g/mol. The molecule has 0 aliphatic rings. The van der Waals surface area contributed by atoms with E-state index in [-0.39, 0.29) is 0 Å². The number of nitrogens with one attached hydrogen (secondary N) is 1. The van der Waals surface area contributed by atoms with E-state index in [1.807, 2.05) is 30.3 Å².